The molecule has 1 saturated carbocycles. The molecule has 1 aromatic rings. The van der Waals surface area contributed by atoms with Gasteiger partial charge in [-0.1, -0.05) is 6.07 Å². The first-order chi connectivity index (χ1) is 7.77. The molecule has 86 valence electrons. The van der Waals surface area contributed by atoms with Crippen LogP contribution in [0.1, 0.15) is 26.2 Å². The summed E-state index contributed by atoms with van der Waals surface area (Å²) in [5.74, 6) is -0.0992. The van der Waals surface area contributed by atoms with Crippen LogP contribution in [0.2, 0.25) is 0 Å². The minimum Gasteiger partial charge on any atom is -0.381 e. The van der Waals surface area contributed by atoms with Gasteiger partial charge in [0.1, 0.15) is 5.82 Å². The zero-order valence-electron chi connectivity index (χ0n) is 9.59. The SMILES string of the molecule is CCN1c2c(F)cccc2NCC12CCC2. The number of benzene rings is 1. The molecule has 1 fully saturated rings. The van der Waals surface area contributed by atoms with E-state index in [4.69, 9.17) is 0 Å². The lowest BCUT2D eigenvalue weighted by atomic mass is 9.73. The predicted octanol–water partition coefficient (Wildman–Crippen LogP) is 3.00. The smallest absolute Gasteiger partial charge is 0.148 e. The van der Waals surface area contributed by atoms with Crippen LogP contribution in [-0.2, 0) is 0 Å². The molecule has 0 atom stereocenters. The molecule has 0 aromatic heterocycles. The number of anilines is 2. The molecule has 1 heterocycles. The number of hydrogen-bond donors (Lipinski definition) is 1. The Morgan fingerprint density at radius 1 is 1.44 bits per heavy atom. The number of hydrogen-bond acceptors (Lipinski definition) is 2. The van der Waals surface area contributed by atoms with Crippen LogP contribution in [0.15, 0.2) is 18.2 Å². The molecule has 1 aliphatic carbocycles. The van der Waals surface area contributed by atoms with Crippen LogP contribution >= 0.6 is 0 Å². The number of nitrogens with one attached hydrogen (secondary N) is 1. The third-order valence-electron chi connectivity index (χ3n) is 4.04. The van der Waals surface area contributed by atoms with Gasteiger partial charge >= 0.3 is 0 Å². The first kappa shape index (κ1) is 9.94. The Balaban J connectivity index is 2.09. The summed E-state index contributed by atoms with van der Waals surface area (Å²) in [6.45, 7) is 3.95. The number of halogens is 1. The van der Waals surface area contributed by atoms with Gasteiger partial charge in [0.2, 0.25) is 0 Å². The van der Waals surface area contributed by atoms with Crippen molar-refractivity contribution in [1.29, 1.82) is 0 Å². The van der Waals surface area contributed by atoms with Crippen molar-refractivity contribution in [2.75, 3.05) is 23.3 Å². The lowest BCUT2D eigenvalue weighted by Gasteiger charge is -2.54. The maximum absolute atomic E-state index is 13.9. The Morgan fingerprint density at radius 2 is 2.25 bits per heavy atom. The van der Waals surface area contributed by atoms with Crippen LogP contribution in [0, 0.1) is 5.82 Å². The summed E-state index contributed by atoms with van der Waals surface area (Å²) in [5.41, 5.74) is 1.90. The highest BCUT2D eigenvalue weighted by Gasteiger charge is 2.45. The zero-order valence-corrected chi connectivity index (χ0v) is 9.59. The van der Waals surface area contributed by atoms with Crippen molar-refractivity contribution in [1.82, 2.24) is 0 Å². The second kappa shape index (κ2) is 3.37. The Hall–Kier alpha value is -1.25. The average molecular weight is 220 g/mol. The fourth-order valence-corrected chi connectivity index (χ4v) is 3.05. The van der Waals surface area contributed by atoms with Crippen molar-refractivity contribution in [2.45, 2.75) is 31.7 Å². The fourth-order valence-electron chi connectivity index (χ4n) is 3.05. The molecular formula is C13H17FN2. The molecule has 0 saturated heterocycles. The number of likely N-dealkylation sites (N-methyl/N-ethyl adjacent to an activating group) is 1. The Labute approximate surface area is 95.4 Å². The summed E-state index contributed by atoms with van der Waals surface area (Å²) in [6.07, 6.45) is 3.63. The van der Waals surface area contributed by atoms with E-state index >= 15 is 0 Å². The lowest BCUT2D eigenvalue weighted by molar-refractivity contribution is 0.238. The second-order valence-corrected chi connectivity index (χ2v) is 4.81. The van der Waals surface area contributed by atoms with E-state index in [1.165, 1.54) is 19.3 Å². The highest BCUT2D eigenvalue weighted by molar-refractivity contribution is 5.74. The molecule has 2 nitrogen and oxygen atoms in total. The largest absolute Gasteiger partial charge is 0.381 e. The molecule has 0 bridgehead atoms. The first-order valence-corrected chi connectivity index (χ1v) is 6.07. The van der Waals surface area contributed by atoms with E-state index in [0.717, 1.165) is 24.5 Å². The average Bonchev–Trinajstić information content (AvgIpc) is 2.25. The molecule has 16 heavy (non-hydrogen) atoms. The van der Waals surface area contributed by atoms with Gasteiger partial charge in [0, 0.05) is 13.1 Å². The predicted molar refractivity (Wildman–Crippen MR) is 64.5 cm³/mol. The maximum Gasteiger partial charge on any atom is 0.148 e. The normalized spacial score (nSPS) is 21.2. The molecule has 1 N–H and O–H groups in total. The molecule has 0 unspecified atom stereocenters. The molecular weight excluding hydrogens is 203 g/mol. The number of nitrogens with zero attached hydrogens (tertiary/aromatic N) is 1. The topological polar surface area (TPSA) is 15.3 Å². The van der Waals surface area contributed by atoms with Crippen molar-refractivity contribution in [2.24, 2.45) is 0 Å². The van der Waals surface area contributed by atoms with E-state index in [1.54, 1.807) is 12.1 Å². The number of rotatable bonds is 1. The van der Waals surface area contributed by atoms with Crippen molar-refractivity contribution >= 4 is 11.4 Å². The number of fused-ring (bicyclic) bond motifs is 1. The summed E-state index contributed by atoms with van der Waals surface area (Å²) in [6, 6.07) is 5.29. The quantitative estimate of drug-likeness (QED) is 0.782. The van der Waals surface area contributed by atoms with Gasteiger partial charge in [-0.25, -0.2) is 4.39 Å². The third-order valence-corrected chi connectivity index (χ3v) is 4.04. The summed E-state index contributed by atoms with van der Waals surface area (Å²) >= 11 is 0. The highest BCUT2D eigenvalue weighted by atomic mass is 19.1. The van der Waals surface area contributed by atoms with Gasteiger partial charge in [0.25, 0.3) is 0 Å². The van der Waals surface area contributed by atoms with Gasteiger partial charge in [-0.3, -0.25) is 0 Å². The Morgan fingerprint density at radius 3 is 2.88 bits per heavy atom. The van der Waals surface area contributed by atoms with Crippen LogP contribution < -0.4 is 10.2 Å². The summed E-state index contributed by atoms with van der Waals surface area (Å²) in [4.78, 5) is 2.26. The van der Waals surface area contributed by atoms with Crippen LogP contribution in [0.5, 0.6) is 0 Å². The van der Waals surface area contributed by atoms with Crippen molar-refractivity contribution in [3.05, 3.63) is 24.0 Å². The minimum atomic E-state index is -0.0992. The van der Waals surface area contributed by atoms with E-state index in [2.05, 4.69) is 17.1 Å². The van der Waals surface area contributed by atoms with E-state index in [9.17, 15) is 4.39 Å². The van der Waals surface area contributed by atoms with E-state index in [0.29, 0.717) is 0 Å². The van der Waals surface area contributed by atoms with E-state index in [1.807, 2.05) is 6.07 Å². The molecule has 2 aliphatic rings. The van der Waals surface area contributed by atoms with Crippen LogP contribution in [-0.4, -0.2) is 18.6 Å². The van der Waals surface area contributed by atoms with Gasteiger partial charge in [-0.05, 0) is 38.3 Å². The van der Waals surface area contributed by atoms with Gasteiger partial charge < -0.3 is 10.2 Å². The lowest BCUT2D eigenvalue weighted by Crippen LogP contribution is -2.60. The fraction of sp³-hybridized carbons (Fsp3) is 0.538. The molecule has 3 rings (SSSR count). The Bertz CT molecular complexity index is 412. The first-order valence-electron chi connectivity index (χ1n) is 6.07. The molecule has 3 heteroatoms. The standard InChI is InChI=1S/C13H17FN2/c1-2-16-12-10(14)5-3-6-11(12)15-9-13(16)7-4-8-13/h3,5-6,15H,2,4,7-9H2,1H3. The molecule has 1 aromatic carbocycles. The molecule has 1 aliphatic heterocycles. The minimum absolute atomic E-state index is 0.0992. The Kier molecular flexibility index (Phi) is 2.09. The van der Waals surface area contributed by atoms with Crippen molar-refractivity contribution in [3.63, 3.8) is 0 Å². The van der Waals surface area contributed by atoms with Gasteiger partial charge in [-0.15, -0.1) is 0 Å². The van der Waals surface area contributed by atoms with Gasteiger partial charge in [0.05, 0.1) is 16.9 Å². The summed E-state index contributed by atoms with van der Waals surface area (Å²) < 4.78 is 13.9. The molecule has 0 radical (unpaired) electrons. The molecule has 1 spiro atoms. The second-order valence-electron chi connectivity index (χ2n) is 4.81. The van der Waals surface area contributed by atoms with Crippen LogP contribution in [0.4, 0.5) is 15.8 Å². The van der Waals surface area contributed by atoms with Gasteiger partial charge in [-0.2, -0.15) is 0 Å². The molecule has 0 amide bonds. The zero-order chi connectivity index (χ0) is 11.2. The van der Waals surface area contributed by atoms with Crippen molar-refractivity contribution in [3.8, 4) is 0 Å². The summed E-state index contributed by atoms with van der Waals surface area (Å²) in [7, 11) is 0. The van der Waals surface area contributed by atoms with Crippen LogP contribution in [0.25, 0.3) is 0 Å². The summed E-state index contributed by atoms with van der Waals surface area (Å²) in [5, 5.41) is 3.38. The van der Waals surface area contributed by atoms with E-state index in [-0.39, 0.29) is 11.4 Å². The van der Waals surface area contributed by atoms with E-state index < -0.39 is 0 Å². The number of para-hydroxylation sites is 1. The monoisotopic (exact) mass is 220 g/mol. The van der Waals surface area contributed by atoms with Crippen molar-refractivity contribution < 1.29 is 4.39 Å². The maximum atomic E-state index is 13.9. The third kappa shape index (κ3) is 1.17. The van der Waals surface area contributed by atoms with Crippen LogP contribution in [0.3, 0.4) is 0 Å². The van der Waals surface area contributed by atoms with Gasteiger partial charge in [0.15, 0.2) is 0 Å². The highest BCUT2D eigenvalue weighted by Crippen LogP contribution is 2.46.